The van der Waals surface area contributed by atoms with Gasteiger partial charge in [0, 0.05) is 5.39 Å². The van der Waals surface area contributed by atoms with Crippen LogP contribution in [-0.4, -0.2) is 40.8 Å². The summed E-state index contributed by atoms with van der Waals surface area (Å²) in [7, 11) is 0. The Hall–Kier alpha value is -2.57. The van der Waals surface area contributed by atoms with Crippen LogP contribution in [0, 0.1) is 6.92 Å². The number of aromatic amines is 1. The van der Waals surface area contributed by atoms with Gasteiger partial charge in [-0.25, -0.2) is 0 Å². The molecule has 1 amide bonds. The molecule has 1 aromatic carbocycles. The zero-order valence-corrected chi connectivity index (χ0v) is 13.7. The van der Waals surface area contributed by atoms with Crippen molar-refractivity contribution in [1.29, 1.82) is 0 Å². The number of fused-ring (bicyclic) bond motifs is 1. The zero-order valence-electron chi connectivity index (χ0n) is 13.7. The molecule has 1 heterocycles. The number of carbonyl (C=O) groups is 2. The predicted octanol–water partition coefficient (Wildman–Crippen LogP) is 1.71. The molecule has 7 heteroatoms. The van der Waals surface area contributed by atoms with Crippen molar-refractivity contribution in [2.75, 3.05) is 13.2 Å². The molecule has 23 heavy (non-hydrogen) atoms. The molecule has 2 aromatic rings. The fourth-order valence-corrected chi connectivity index (χ4v) is 1.98. The van der Waals surface area contributed by atoms with Crippen molar-refractivity contribution in [1.82, 2.24) is 15.5 Å². The second-order valence-electron chi connectivity index (χ2n) is 6.23. The summed E-state index contributed by atoms with van der Waals surface area (Å²) in [5.74, 6) is -0.268. The van der Waals surface area contributed by atoms with Gasteiger partial charge in [-0.05, 0) is 45.4 Å². The van der Waals surface area contributed by atoms with Gasteiger partial charge >= 0.3 is 5.97 Å². The zero-order chi connectivity index (χ0) is 17.0. The largest absolute Gasteiger partial charge is 0.483 e. The third-order valence-electron chi connectivity index (χ3n) is 2.94. The van der Waals surface area contributed by atoms with Gasteiger partial charge in [0.1, 0.15) is 17.9 Å². The number of esters is 1. The number of aryl methyl sites for hydroxylation is 1. The first-order valence-corrected chi connectivity index (χ1v) is 7.30. The molecule has 2 N–H and O–H groups in total. The van der Waals surface area contributed by atoms with Gasteiger partial charge in [-0.1, -0.05) is 0 Å². The van der Waals surface area contributed by atoms with E-state index in [1.165, 1.54) is 0 Å². The summed E-state index contributed by atoms with van der Waals surface area (Å²) in [4.78, 5) is 23.3. The molecule has 7 nitrogen and oxygen atoms in total. The van der Waals surface area contributed by atoms with Crippen LogP contribution >= 0.6 is 0 Å². The number of carbonyl (C=O) groups excluding carboxylic acids is 2. The van der Waals surface area contributed by atoms with Crippen molar-refractivity contribution in [3.8, 4) is 5.75 Å². The highest BCUT2D eigenvalue weighted by molar-refractivity contribution is 5.83. The van der Waals surface area contributed by atoms with Gasteiger partial charge < -0.3 is 14.8 Å². The fraction of sp³-hybridized carbons (Fsp3) is 0.438. The summed E-state index contributed by atoms with van der Waals surface area (Å²) in [6, 6.07) is 3.71. The number of nitrogens with zero attached hydrogens (tertiary/aromatic N) is 1. The second kappa shape index (κ2) is 6.68. The highest BCUT2D eigenvalue weighted by atomic mass is 16.6. The van der Waals surface area contributed by atoms with E-state index >= 15 is 0 Å². The Morgan fingerprint density at radius 1 is 1.30 bits per heavy atom. The summed E-state index contributed by atoms with van der Waals surface area (Å²) in [5, 5.41) is 10.2. The number of amides is 1. The average molecular weight is 319 g/mol. The van der Waals surface area contributed by atoms with Crippen LogP contribution in [0.5, 0.6) is 5.75 Å². The van der Waals surface area contributed by atoms with Crippen molar-refractivity contribution < 1.29 is 19.1 Å². The van der Waals surface area contributed by atoms with E-state index < -0.39 is 11.6 Å². The smallest absolute Gasteiger partial charge is 0.325 e. The second-order valence-corrected chi connectivity index (χ2v) is 6.23. The van der Waals surface area contributed by atoms with E-state index in [1.54, 1.807) is 27.0 Å². The molecule has 0 bridgehead atoms. The first kappa shape index (κ1) is 16.8. The van der Waals surface area contributed by atoms with E-state index in [0.29, 0.717) is 5.75 Å². The Labute approximate surface area is 134 Å². The third kappa shape index (κ3) is 4.98. The highest BCUT2D eigenvalue weighted by Crippen LogP contribution is 2.23. The van der Waals surface area contributed by atoms with Crippen LogP contribution < -0.4 is 10.1 Å². The molecule has 0 aliphatic heterocycles. The summed E-state index contributed by atoms with van der Waals surface area (Å²) >= 11 is 0. The maximum atomic E-state index is 11.7. The van der Waals surface area contributed by atoms with Crippen LogP contribution in [0.4, 0.5) is 0 Å². The van der Waals surface area contributed by atoms with Crippen molar-refractivity contribution in [2.24, 2.45) is 0 Å². The first-order valence-electron chi connectivity index (χ1n) is 7.30. The van der Waals surface area contributed by atoms with Crippen LogP contribution in [0.15, 0.2) is 18.3 Å². The lowest BCUT2D eigenvalue weighted by atomic mass is 10.1. The molecule has 2 rings (SSSR count). The fourth-order valence-electron chi connectivity index (χ4n) is 1.98. The van der Waals surface area contributed by atoms with Gasteiger partial charge in [-0.15, -0.1) is 0 Å². The predicted molar refractivity (Wildman–Crippen MR) is 85.2 cm³/mol. The van der Waals surface area contributed by atoms with Crippen LogP contribution in [0.3, 0.4) is 0 Å². The molecule has 0 radical (unpaired) electrons. The van der Waals surface area contributed by atoms with E-state index in [9.17, 15) is 9.59 Å². The number of nitrogens with one attached hydrogen (secondary N) is 2. The molecule has 0 unspecified atom stereocenters. The quantitative estimate of drug-likeness (QED) is 0.818. The van der Waals surface area contributed by atoms with Crippen molar-refractivity contribution >= 4 is 22.8 Å². The van der Waals surface area contributed by atoms with E-state index in [0.717, 1.165) is 16.5 Å². The summed E-state index contributed by atoms with van der Waals surface area (Å²) in [6.45, 7) is 6.83. The van der Waals surface area contributed by atoms with Crippen LogP contribution in [-0.2, 0) is 14.3 Å². The van der Waals surface area contributed by atoms with Gasteiger partial charge in [-0.3, -0.25) is 14.7 Å². The van der Waals surface area contributed by atoms with E-state index in [4.69, 9.17) is 9.47 Å². The summed E-state index contributed by atoms with van der Waals surface area (Å²) < 4.78 is 10.6. The maximum Gasteiger partial charge on any atom is 0.325 e. The topological polar surface area (TPSA) is 93.3 Å². The lowest BCUT2D eigenvalue weighted by Crippen LogP contribution is -2.36. The number of hydrogen-bond donors (Lipinski definition) is 2. The van der Waals surface area contributed by atoms with E-state index in [1.807, 2.05) is 19.1 Å². The number of rotatable bonds is 5. The lowest BCUT2D eigenvalue weighted by Gasteiger charge is -2.19. The minimum Gasteiger partial charge on any atom is -0.483 e. The molecule has 0 saturated carbocycles. The van der Waals surface area contributed by atoms with Gasteiger partial charge in [-0.2, -0.15) is 5.10 Å². The lowest BCUT2D eigenvalue weighted by molar-refractivity contribution is -0.154. The van der Waals surface area contributed by atoms with Crippen LogP contribution in [0.1, 0.15) is 26.3 Å². The van der Waals surface area contributed by atoms with Crippen LogP contribution in [0.2, 0.25) is 0 Å². The van der Waals surface area contributed by atoms with Crippen LogP contribution in [0.25, 0.3) is 10.9 Å². The first-order chi connectivity index (χ1) is 10.7. The average Bonchev–Trinajstić information content (AvgIpc) is 2.87. The molecule has 0 spiro atoms. The Morgan fingerprint density at radius 2 is 2.04 bits per heavy atom. The standard InChI is InChI=1S/C16H21N3O4/c1-10-5-12-11(7-18-19-12)6-13(10)22-9-14(20)17-8-15(21)23-16(2,3)4/h5-7H,8-9H2,1-4H3,(H,17,20)(H,18,19). The molecule has 0 atom stereocenters. The number of H-pyrrole nitrogens is 1. The van der Waals surface area contributed by atoms with Gasteiger partial charge in [0.2, 0.25) is 0 Å². The van der Waals surface area contributed by atoms with Crippen molar-refractivity contribution in [2.45, 2.75) is 33.3 Å². The molecule has 0 aliphatic rings. The number of hydrogen-bond acceptors (Lipinski definition) is 5. The van der Waals surface area contributed by atoms with E-state index in [2.05, 4.69) is 15.5 Å². The maximum absolute atomic E-state index is 11.7. The molecule has 1 aromatic heterocycles. The van der Waals surface area contributed by atoms with Gasteiger partial charge in [0.05, 0.1) is 11.7 Å². The third-order valence-corrected chi connectivity index (χ3v) is 2.94. The van der Waals surface area contributed by atoms with Crippen molar-refractivity contribution in [3.05, 3.63) is 23.9 Å². The normalized spacial score (nSPS) is 11.3. The highest BCUT2D eigenvalue weighted by Gasteiger charge is 2.16. The Bertz CT molecular complexity index is 716. The summed E-state index contributed by atoms with van der Waals surface area (Å²) in [5.41, 5.74) is 1.22. The summed E-state index contributed by atoms with van der Waals surface area (Å²) in [6.07, 6.45) is 1.68. The molecule has 0 aliphatic carbocycles. The Balaban J connectivity index is 1.83. The molecule has 0 saturated heterocycles. The molecule has 0 fully saturated rings. The minimum atomic E-state index is -0.574. The monoisotopic (exact) mass is 319 g/mol. The minimum absolute atomic E-state index is 0.174. The van der Waals surface area contributed by atoms with E-state index in [-0.39, 0.29) is 19.1 Å². The number of aromatic nitrogens is 2. The van der Waals surface area contributed by atoms with Crippen molar-refractivity contribution in [3.63, 3.8) is 0 Å². The SMILES string of the molecule is Cc1cc2[nH]ncc2cc1OCC(=O)NCC(=O)OC(C)(C)C. The number of ether oxygens (including phenoxy) is 2. The van der Waals surface area contributed by atoms with Gasteiger partial charge in [0.15, 0.2) is 6.61 Å². The molecular weight excluding hydrogens is 298 g/mol. The Kier molecular flexibility index (Phi) is 4.88. The number of benzene rings is 1. The Morgan fingerprint density at radius 3 is 2.74 bits per heavy atom. The van der Waals surface area contributed by atoms with Gasteiger partial charge in [0.25, 0.3) is 5.91 Å². The molecular formula is C16H21N3O4. The molecule has 124 valence electrons.